The van der Waals surface area contributed by atoms with Gasteiger partial charge in [0, 0.05) is 25.6 Å². The van der Waals surface area contributed by atoms with Gasteiger partial charge in [0.15, 0.2) is 0 Å². The van der Waals surface area contributed by atoms with E-state index in [1.165, 1.54) is 18.4 Å². The quantitative estimate of drug-likeness (QED) is 0.723. The van der Waals surface area contributed by atoms with E-state index in [1.54, 1.807) is 0 Å². The fourth-order valence-corrected chi connectivity index (χ4v) is 2.86. The summed E-state index contributed by atoms with van der Waals surface area (Å²) in [6, 6.07) is 10.8. The molecule has 1 aromatic rings. The first kappa shape index (κ1) is 11.0. The number of nitrogens with zero attached hydrogens (tertiary/aromatic N) is 1. The Bertz CT molecular complexity index is 379. The maximum Gasteiger partial charge on any atom is 0.118 e. The lowest BCUT2D eigenvalue weighted by atomic mass is 9.90. The molecule has 2 heterocycles. The average Bonchev–Trinajstić information content (AvgIpc) is 2.94. The zero-order valence-electron chi connectivity index (χ0n) is 10.1. The van der Waals surface area contributed by atoms with Crippen LogP contribution in [0.2, 0.25) is 0 Å². The first-order chi connectivity index (χ1) is 8.45. The average molecular weight is 229 g/mol. The van der Waals surface area contributed by atoms with Gasteiger partial charge in [-0.25, -0.2) is 0 Å². The van der Waals surface area contributed by atoms with E-state index < -0.39 is 0 Å². The SMILES string of the molecule is C1=CCN(C2OCCCC2c2ccccc2)C1. The first-order valence-electron chi connectivity index (χ1n) is 6.51. The van der Waals surface area contributed by atoms with Crippen molar-refractivity contribution in [3.8, 4) is 0 Å². The Balaban J connectivity index is 1.80. The van der Waals surface area contributed by atoms with Gasteiger partial charge in [-0.3, -0.25) is 4.90 Å². The lowest BCUT2D eigenvalue weighted by molar-refractivity contribution is -0.0886. The topological polar surface area (TPSA) is 12.5 Å². The highest BCUT2D eigenvalue weighted by Crippen LogP contribution is 2.33. The van der Waals surface area contributed by atoms with Crippen LogP contribution in [0.4, 0.5) is 0 Å². The third kappa shape index (κ3) is 2.28. The second-order valence-corrected chi connectivity index (χ2v) is 4.85. The molecule has 3 rings (SSSR count). The molecule has 2 aliphatic heterocycles. The van der Waals surface area contributed by atoms with Crippen LogP contribution in [0.1, 0.15) is 24.3 Å². The predicted octanol–water partition coefficient (Wildman–Crippen LogP) is 2.78. The van der Waals surface area contributed by atoms with E-state index in [9.17, 15) is 0 Å². The minimum atomic E-state index is 0.265. The molecule has 0 bridgehead atoms. The maximum absolute atomic E-state index is 6.01. The highest BCUT2D eigenvalue weighted by molar-refractivity contribution is 5.21. The van der Waals surface area contributed by atoms with E-state index in [1.807, 2.05) is 0 Å². The summed E-state index contributed by atoms with van der Waals surface area (Å²) in [7, 11) is 0. The Morgan fingerprint density at radius 3 is 2.59 bits per heavy atom. The number of benzene rings is 1. The van der Waals surface area contributed by atoms with Crippen molar-refractivity contribution in [1.82, 2.24) is 4.90 Å². The molecule has 1 fully saturated rings. The number of rotatable bonds is 2. The second kappa shape index (κ2) is 5.03. The molecule has 0 spiro atoms. The standard InChI is InChI=1S/C15H19NO/c1-2-7-13(8-3-1)14-9-6-12-17-15(14)16-10-4-5-11-16/h1-5,7-8,14-15H,6,9-12H2. The van der Waals surface area contributed by atoms with Gasteiger partial charge in [0.1, 0.15) is 6.23 Å². The Morgan fingerprint density at radius 1 is 1.06 bits per heavy atom. The Kier molecular flexibility index (Phi) is 3.25. The Morgan fingerprint density at radius 2 is 1.82 bits per heavy atom. The summed E-state index contributed by atoms with van der Waals surface area (Å²) in [5.41, 5.74) is 1.42. The smallest absolute Gasteiger partial charge is 0.118 e. The lowest BCUT2D eigenvalue weighted by Gasteiger charge is -2.38. The van der Waals surface area contributed by atoms with Crippen molar-refractivity contribution in [1.29, 1.82) is 0 Å². The molecule has 2 heteroatoms. The van der Waals surface area contributed by atoms with Crippen molar-refractivity contribution in [2.45, 2.75) is 25.0 Å². The van der Waals surface area contributed by atoms with Crippen LogP contribution in [0, 0.1) is 0 Å². The van der Waals surface area contributed by atoms with Crippen LogP contribution in [0.5, 0.6) is 0 Å². The molecule has 2 atom stereocenters. The molecule has 0 aliphatic carbocycles. The molecule has 0 N–H and O–H groups in total. The third-order valence-corrected chi connectivity index (χ3v) is 3.73. The molecule has 1 saturated heterocycles. The lowest BCUT2D eigenvalue weighted by Crippen LogP contribution is -2.42. The first-order valence-corrected chi connectivity index (χ1v) is 6.51. The van der Waals surface area contributed by atoms with Crippen molar-refractivity contribution in [3.05, 3.63) is 48.0 Å². The van der Waals surface area contributed by atoms with Crippen LogP contribution in [0.15, 0.2) is 42.5 Å². The molecule has 17 heavy (non-hydrogen) atoms. The largest absolute Gasteiger partial charge is 0.362 e. The minimum absolute atomic E-state index is 0.265. The highest BCUT2D eigenvalue weighted by atomic mass is 16.5. The molecular formula is C15H19NO. The van der Waals surface area contributed by atoms with Gasteiger partial charge >= 0.3 is 0 Å². The van der Waals surface area contributed by atoms with Gasteiger partial charge in [0.25, 0.3) is 0 Å². The second-order valence-electron chi connectivity index (χ2n) is 4.85. The van der Waals surface area contributed by atoms with Gasteiger partial charge < -0.3 is 4.74 Å². The van der Waals surface area contributed by atoms with Gasteiger partial charge in [-0.05, 0) is 18.4 Å². The predicted molar refractivity (Wildman–Crippen MR) is 68.9 cm³/mol. The van der Waals surface area contributed by atoms with Gasteiger partial charge in [0.05, 0.1) is 0 Å². The summed E-state index contributed by atoms with van der Waals surface area (Å²) >= 11 is 0. The molecule has 2 unspecified atom stereocenters. The fourth-order valence-electron chi connectivity index (χ4n) is 2.86. The molecular weight excluding hydrogens is 210 g/mol. The zero-order valence-corrected chi connectivity index (χ0v) is 10.1. The summed E-state index contributed by atoms with van der Waals surface area (Å²) < 4.78 is 6.01. The number of hydrogen-bond donors (Lipinski definition) is 0. The molecule has 2 aliphatic rings. The highest BCUT2D eigenvalue weighted by Gasteiger charge is 2.32. The Labute approximate surface area is 103 Å². The van der Waals surface area contributed by atoms with Crippen LogP contribution >= 0.6 is 0 Å². The van der Waals surface area contributed by atoms with Gasteiger partial charge in [-0.15, -0.1) is 0 Å². The van der Waals surface area contributed by atoms with E-state index in [4.69, 9.17) is 4.74 Å². The Hall–Kier alpha value is -1.12. The van der Waals surface area contributed by atoms with Crippen molar-refractivity contribution in [3.63, 3.8) is 0 Å². The molecule has 0 amide bonds. The van der Waals surface area contributed by atoms with Crippen LogP contribution in [0.3, 0.4) is 0 Å². The van der Waals surface area contributed by atoms with E-state index in [0.717, 1.165) is 19.7 Å². The fraction of sp³-hybridized carbons (Fsp3) is 0.467. The van der Waals surface area contributed by atoms with Gasteiger partial charge in [0.2, 0.25) is 0 Å². The molecule has 0 saturated carbocycles. The molecule has 2 nitrogen and oxygen atoms in total. The maximum atomic E-state index is 6.01. The van der Waals surface area contributed by atoms with Crippen LogP contribution in [-0.2, 0) is 4.74 Å². The molecule has 90 valence electrons. The summed E-state index contributed by atoms with van der Waals surface area (Å²) in [4.78, 5) is 2.43. The number of ether oxygens (including phenoxy) is 1. The van der Waals surface area contributed by atoms with Crippen molar-refractivity contribution >= 4 is 0 Å². The van der Waals surface area contributed by atoms with Crippen LogP contribution < -0.4 is 0 Å². The minimum Gasteiger partial charge on any atom is -0.362 e. The van der Waals surface area contributed by atoms with Gasteiger partial charge in [-0.1, -0.05) is 42.5 Å². The monoisotopic (exact) mass is 229 g/mol. The van der Waals surface area contributed by atoms with Crippen molar-refractivity contribution < 1.29 is 4.74 Å². The summed E-state index contributed by atoms with van der Waals surface area (Å²) in [6.45, 7) is 2.98. The van der Waals surface area contributed by atoms with Gasteiger partial charge in [-0.2, -0.15) is 0 Å². The summed E-state index contributed by atoms with van der Waals surface area (Å²) in [6.07, 6.45) is 7.16. The van der Waals surface area contributed by atoms with E-state index in [0.29, 0.717) is 5.92 Å². The van der Waals surface area contributed by atoms with Crippen molar-refractivity contribution in [2.75, 3.05) is 19.7 Å². The third-order valence-electron chi connectivity index (χ3n) is 3.73. The summed E-state index contributed by atoms with van der Waals surface area (Å²) in [5.74, 6) is 0.532. The number of hydrogen-bond acceptors (Lipinski definition) is 2. The molecule has 1 aromatic carbocycles. The molecule has 0 radical (unpaired) electrons. The summed E-state index contributed by atoms with van der Waals surface area (Å²) in [5, 5.41) is 0. The normalized spacial score (nSPS) is 29.6. The molecule has 0 aromatic heterocycles. The van der Waals surface area contributed by atoms with E-state index >= 15 is 0 Å². The van der Waals surface area contributed by atoms with Crippen molar-refractivity contribution in [2.24, 2.45) is 0 Å². The van der Waals surface area contributed by atoms with E-state index in [2.05, 4.69) is 47.4 Å². The van der Waals surface area contributed by atoms with E-state index in [-0.39, 0.29) is 6.23 Å². The van der Waals surface area contributed by atoms with Crippen LogP contribution in [0.25, 0.3) is 0 Å². The zero-order chi connectivity index (χ0) is 11.5. The van der Waals surface area contributed by atoms with Crippen LogP contribution in [-0.4, -0.2) is 30.8 Å².